The lowest BCUT2D eigenvalue weighted by Gasteiger charge is -2.12. The zero-order chi connectivity index (χ0) is 18.3. The second kappa shape index (κ2) is 6.48. The van der Waals surface area contributed by atoms with E-state index >= 15 is 0 Å². The average Bonchev–Trinajstić information content (AvgIpc) is 3.19. The minimum absolute atomic E-state index is 0.175. The van der Waals surface area contributed by atoms with Gasteiger partial charge in [0.1, 0.15) is 11.2 Å². The fourth-order valence-electron chi connectivity index (χ4n) is 3.28. The summed E-state index contributed by atoms with van der Waals surface area (Å²) in [5.74, 6) is 1.75. The maximum absolute atomic E-state index is 12.4. The number of nitrogens with zero attached hydrogens (tertiary/aromatic N) is 2. The molecule has 1 aliphatic carbocycles. The molecule has 0 spiro atoms. The van der Waals surface area contributed by atoms with Crippen LogP contribution < -0.4 is 0 Å². The van der Waals surface area contributed by atoms with Crippen LogP contribution in [0.2, 0.25) is 0 Å². The van der Waals surface area contributed by atoms with Gasteiger partial charge in [-0.3, -0.25) is 14.5 Å². The predicted molar refractivity (Wildman–Crippen MR) is 101 cm³/mol. The molecule has 26 heavy (non-hydrogen) atoms. The quantitative estimate of drug-likeness (QED) is 0.780. The lowest BCUT2D eigenvalue weighted by Crippen LogP contribution is -2.24. The van der Waals surface area contributed by atoms with Crippen LogP contribution in [0.15, 0.2) is 59.8 Å². The molecule has 1 atom stereocenters. The van der Waals surface area contributed by atoms with Gasteiger partial charge in [-0.25, -0.2) is 4.79 Å². The van der Waals surface area contributed by atoms with Crippen molar-refractivity contribution in [3.05, 3.63) is 65.4 Å². The molecule has 1 fully saturated rings. The topological polar surface area (TPSA) is 59.4 Å². The highest BCUT2D eigenvalue weighted by Crippen LogP contribution is 2.41. The van der Waals surface area contributed by atoms with E-state index in [0.29, 0.717) is 18.5 Å². The van der Waals surface area contributed by atoms with Crippen molar-refractivity contribution in [2.45, 2.75) is 18.2 Å². The summed E-state index contributed by atoms with van der Waals surface area (Å²) in [5.41, 5.74) is 3.66. The van der Waals surface area contributed by atoms with Crippen LogP contribution in [0, 0.1) is 0 Å². The standard InChI is InChI=1S/C20H16N2O3S/c1-21-19(24)18(26-20(21)25)16-3-2-4-17-15(16)9-10-22(17)11-13-5-7-14(12-23)8-6-13/h2-7,9-10,18H,8,11H2,1H3. The number of likely N-dealkylation sites (N-methyl/N-ethyl adjacent to an activating group) is 1. The summed E-state index contributed by atoms with van der Waals surface area (Å²) in [7, 11) is 1.52. The van der Waals surface area contributed by atoms with Crippen molar-refractivity contribution in [3.8, 4) is 0 Å². The first-order valence-corrected chi connectivity index (χ1v) is 9.13. The molecule has 1 aliphatic heterocycles. The van der Waals surface area contributed by atoms with E-state index in [2.05, 4.69) is 4.57 Å². The number of allylic oxidation sites excluding steroid dienone is 5. The van der Waals surface area contributed by atoms with Crippen molar-refractivity contribution in [1.29, 1.82) is 0 Å². The molecular formula is C20H16N2O3S. The molecule has 1 aromatic carbocycles. The number of carbonyl (C=O) groups is 2. The molecule has 2 heterocycles. The molecule has 6 heteroatoms. The van der Waals surface area contributed by atoms with Crippen LogP contribution in [0.1, 0.15) is 17.2 Å². The molecule has 130 valence electrons. The number of rotatable bonds is 3. The maximum atomic E-state index is 12.4. The van der Waals surface area contributed by atoms with Crippen LogP contribution in [0.5, 0.6) is 0 Å². The van der Waals surface area contributed by atoms with Crippen molar-refractivity contribution in [1.82, 2.24) is 9.47 Å². The third-order valence-electron chi connectivity index (χ3n) is 4.74. The van der Waals surface area contributed by atoms with Crippen LogP contribution in [-0.4, -0.2) is 33.6 Å². The lowest BCUT2D eigenvalue weighted by molar-refractivity contribution is -0.125. The third-order valence-corrected chi connectivity index (χ3v) is 5.91. The second-order valence-corrected chi connectivity index (χ2v) is 7.38. The Morgan fingerprint density at radius 1 is 1.23 bits per heavy atom. The van der Waals surface area contributed by atoms with Gasteiger partial charge in [0, 0.05) is 42.7 Å². The first-order chi connectivity index (χ1) is 12.6. The first-order valence-electron chi connectivity index (χ1n) is 8.25. The monoisotopic (exact) mass is 364 g/mol. The Labute approximate surface area is 154 Å². The van der Waals surface area contributed by atoms with E-state index in [9.17, 15) is 14.4 Å². The molecule has 2 aromatic rings. The van der Waals surface area contributed by atoms with Crippen molar-refractivity contribution in [2.75, 3.05) is 7.05 Å². The SMILES string of the molecule is CN1C(=O)SC(c2cccc3c2ccn3CC2=CCC(=C=O)C=C2)C1=O. The summed E-state index contributed by atoms with van der Waals surface area (Å²) in [4.78, 5) is 36.1. The summed E-state index contributed by atoms with van der Waals surface area (Å²) in [6, 6.07) is 7.84. The average molecular weight is 364 g/mol. The molecule has 1 aromatic heterocycles. The van der Waals surface area contributed by atoms with E-state index in [1.807, 2.05) is 48.6 Å². The molecular weight excluding hydrogens is 348 g/mol. The maximum Gasteiger partial charge on any atom is 0.289 e. The Bertz CT molecular complexity index is 1040. The lowest BCUT2D eigenvalue weighted by atomic mass is 10.0. The number of hydrogen-bond acceptors (Lipinski definition) is 4. The number of fused-ring (bicyclic) bond motifs is 1. The minimum atomic E-state index is -0.485. The van der Waals surface area contributed by atoms with E-state index in [-0.39, 0.29) is 11.1 Å². The highest BCUT2D eigenvalue weighted by Gasteiger charge is 2.38. The minimum Gasteiger partial charge on any atom is -0.343 e. The van der Waals surface area contributed by atoms with Gasteiger partial charge in [-0.2, -0.15) is 0 Å². The molecule has 0 saturated carbocycles. The Morgan fingerprint density at radius 2 is 2.08 bits per heavy atom. The number of amides is 2. The van der Waals surface area contributed by atoms with Crippen molar-refractivity contribution in [3.63, 3.8) is 0 Å². The Morgan fingerprint density at radius 3 is 2.73 bits per heavy atom. The Kier molecular flexibility index (Phi) is 4.15. The Hall–Kier alpha value is -2.82. The van der Waals surface area contributed by atoms with Crippen LogP contribution >= 0.6 is 11.8 Å². The highest BCUT2D eigenvalue weighted by atomic mass is 32.2. The van der Waals surface area contributed by atoms with Crippen LogP contribution in [0.4, 0.5) is 4.79 Å². The summed E-state index contributed by atoms with van der Waals surface area (Å²) < 4.78 is 2.11. The van der Waals surface area contributed by atoms with Crippen molar-refractivity contribution >= 4 is 39.8 Å². The molecule has 1 unspecified atom stereocenters. The van der Waals surface area contributed by atoms with Gasteiger partial charge in [0.2, 0.25) is 5.91 Å². The van der Waals surface area contributed by atoms with E-state index in [1.165, 1.54) is 11.9 Å². The normalized spacial score (nSPS) is 20.0. The number of carbonyl (C=O) groups excluding carboxylic acids is 3. The number of thioether (sulfide) groups is 1. The van der Waals surface area contributed by atoms with E-state index in [1.54, 1.807) is 6.08 Å². The van der Waals surface area contributed by atoms with Gasteiger partial charge in [0.25, 0.3) is 5.24 Å². The van der Waals surface area contributed by atoms with Gasteiger partial charge >= 0.3 is 0 Å². The number of aromatic nitrogens is 1. The number of hydrogen-bond donors (Lipinski definition) is 0. The molecule has 0 bridgehead atoms. The summed E-state index contributed by atoms with van der Waals surface area (Å²) in [6.45, 7) is 0.681. The fraction of sp³-hybridized carbons (Fsp3) is 0.200. The first kappa shape index (κ1) is 16.6. The number of benzene rings is 1. The van der Waals surface area contributed by atoms with E-state index in [4.69, 9.17) is 0 Å². The zero-order valence-corrected chi connectivity index (χ0v) is 15.0. The van der Waals surface area contributed by atoms with E-state index in [0.717, 1.165) is 33.8 Å². The molecule has 0 radical (unpaired) electrons. The largest absolute Gasteiger partial charge is 0.343 e. The van der Waals surface area contributed by atoms with Gasteiger partial charge in [-0.1, -0.05) is 24.3 Å². The highest BCUT2D eigenvalue weighted by molar-refractivity contribution is 8.15. The van der Waals surface area contributed by atoms with E-state index < -0.39 is 5.25 Å². The summed E-state index contributed by atoms with van der Waals surface area (Å²) in [5, 5.41) is 0.282. The molecule has 0 N–H and O–H groups in total. The van der Waals surface area contributed by atoms with Crippen molar-refractivity contribution < 1.29 is 14.4 Å². The summed E-state index contributed by atoms with van der Waals surface area (Å²) >= 11 is 1.06. The van der Waals surface area contributed by atoms with Crippen LogP contribution in [0.25, 0.3) is 10.9 Å². The molecule has 2 amide bonds. The van der Waals surface area contributed by atoms with Gasteiger partial charge in [0.05, 0.1) is 0 Å². The van der Waals surface area contributed by atoms with Crippen LogP contribution in [0.3, 0.4) is 0 Å². The van der Waals surface area contributed by atoms with Gasteiger partial charge in [0.15, 0.2) is 0 Å². The van der Waals surface area contributed by atoms with Crippen molar-refractivity contribution in [2.24, 2.45) is 0 Å². The second-order valence-electron chi connectivity index (χ2n) is 6.33. The third kappa shape index (κ3) is 2.73. The predicted octanol–water partition coefficient (Wildman–Crippen LogP) is 3.65. The fourth-order valence-corrected chi connectivity index (χ4v) is 4.32. The molecule has 1 saturated heterocycles. The molecule has 4 rings (SSSR count). The Balaban J connectivity index is 1.67. The smallest absolute Gasteiger partial charge is 0.289 e. The van der Waals surface area contributed by atoms with Gasteiger partial charge in [-0.05, 0) is 41.1 Å². The van der Waals surface area contributed by atoms with Gasteiger partial charge in [-0.15, -0.1) is 0 Å². The zero-order valence-electron chi connectivity index (χ0n) is 14.1. The molecule has 5 nitrogen and oxygen atoms in total. The summed E-state index contributed by atoms with van der Waals surface area (Å²) in [6.07, 6.45) is 8.35. The van der Waals surface area contributed by atoms with Crippen LogP contribution in [-0.2, 0) is 16.1 Å². The van der Waals surface area contributed by atoms with Gasteiger partial charge < -0.3 is 4.57 Å². The number of imide groups is 1. The molecule has 2 aliphatic rings.